The summed E-state index contributed by atoms with van der Waals surface area (Å²) < 4.78 is 53.5. The molecule has 0 fully saturated rings. The Morgan fingerprint density at radius 3 is 2.37 bits per heavy atom. The normalized spacial score (nSPS) is 14.3. The predicted molar refractivity (Wildman–Crippen MR) is 69.5 cm³/mol. The molecule has 0 heterocycles. The van der Waals surface area contributed by atoms with Gasteiger partial charge in [0.05, 0.1) is 16.4 Å². The van der Waals surface area contributed by atoms with E-state index in [4.69, 9.17) is 9.88 Å². The summed E-state index contributed by atoms with van der Waals surface area (Å²) in [6.07, 6.45) is 0. The smallest absolute Gasteiger partial charge is 0.240 e. The zero-order valence-electron chi connectivity index (χ0n) is 10.5. The first-order valence-corrected chi connectivity index (χ1v) is 8.34. The van der Waals surface area contributed by atoms with Crippen LogP contribution in [0.5, 0.6) is 0 Å². The highest BCUT2D eigenvalue weighted by molar-refractivity contribution is 7.90. The third-order valence-electron chi connectivity index (χ3n) is 2.22. The fourth-order valence-electron chi connectivity index (χ4n) is 1.44. The number of methoxy groups -OCH3 is 1. The van der Waals surface area contributed by atoms with Crippen LogP contribution in [-0.4, -0.2) is 36.6 Å². The topological polar surface area (TPSA) is 116 Å². The molecule has 0 radical (unpaired) electrons. The number of primary sulfonamides is 1. The number of ether oxygens (including phenoxy) is 1. The minimum Gasteiger partial charge on any atom is -0.383 e. The summed E-state index contributed by atoms with van der Waals surface area (Å²) in [6, 6.07) is 4.41. The van der Waals surface area contributed by atoms with Crippen LogP contribution in [0.4, 0.5) is 0 Å². The molecule has 3 N–H and O–H groups in total. The van der Waals surface area contributed by atoms with E-state index in [9.17, 15) is 16.8 Å². The second-order valence-corrected chi connectivity index (χ2v) is 7.27. The molecule has 1 aromatic carbocycles. The van der Waals surface area contributed by atoms with E-state index in [1.807, 2.05) is 0 Å². The molecule has 0 bridgehead atoms. The second kappa shape index (κ2) is 5.97. The monoisotopic (exact) mass is 308 g/mol. The fraction of sp³-hybridized carbons (Fsp3) is 0.400. The van der Waals surface area contributed by atoms with Crippen molar-refractivity contribution in [2.75, 3.05) is 13.7 Å². The number of benzene rings is 1. The maximum Gasteiger partial charge on any atom is 0.240 e. The number of nitrogens with one attached hydrogen (secondary N) is 1. The molecular weight excluding hydrogens is 292 g/mol. The summed E-state index contributed by atoms with van der Waals surface area (Å²) in [5.74, 6) is 0. The van der Waals surface area contributed by atoms with E-state index in [0.717, 1.165) is 6.07 Å². The summed E-state index contributed by atoms with van der Waals surface area (Å²) in [6.45, 7) is 1.83. The Balaban J connectivity index is 3.09. The number of sulfonamides is 2. The Morgan fingerprint density at radius 1 is 1.26 bits per heavy atom. The van der Waals surface area contributed by atoms with Gasteiger partial charge >= 0.3 is 0 Å². The molecule has 0 aliphatic carbocycles. The lowest BCUT2D eigenvalue weighted by Crippen LogP contribution is -2.35. The zero-order chi connectivity index (χ0) is 14.7. The Morgan fingerprint density at radius 2 is 1.84 bits per heavy atom. The van der Waals surface area contributed by atoms with Crippen molar-refractivity contribution in [1.29, 1.82) is 0 Å². The van der Waals surface area contributed by atoms with E-state index in [1.165, 1.54) is 25.3 Å². The lowest BCUT2D eigenvalue weighted by atomic mass is 10.4. The van der Waals surface area contributed by atoms with Gasteiger partial charge in [-0.1, -0.05) is 6.07 Å². The van der Waals surface area contributed by atoms with Crippen molar-refractivity contribution in [3.8, 4) is 0 Å². The van der Waals surface area contributed by atoms with Crippen molar-refractivity contribution in [3.63, 3.8) is 0 Å². The van der Waals surface area contributed by atoms with Crippen molar-refractivity contribution in [2.45, 2.75) is 22.8 Å². The quantitative estimate of drug-likeness (QED) is 0.745. The van der Waals surface area contributed by atoms with Crippen LogP contribution in [0.1, 0.15) is 6.92 Å². The van der Waals surface area contributed by atoms with Crippen LogP contribution in [0.2, 0.25) is 0 Å². The van der Waals surface area contributed by atoms with Crippen molar-refractivity contribution in [2.24, 2.45) is 5.14 Å². The summed E-state index contributed by atoms with van der Waals surface area (Å²) in [7, 11) is -6.30. The Kier molecular flexibility index (Phi) is 5.04. The van der Waals surface area contributed by atoms with Crippen LogP contribution in [0, 0.1) is 0 Å². The SMILES string of the molecule is COCC(C)NS(=O)(=O)c1cccc(S(N)(=O)=O)c1. The molecule has 0 aliphatic heterocycles. The van der Waals surface area contributed by atoms with Crippen LogP contribution in [0.25, 0.3) is 0 Å². The Bertz CT molecular complexity index is 640. The molecule has 0 aliphatic rings. The molecule has 1 rings (SSSR count). The van der Waals surface area contributed by atoms with Gasteiger partial charge in [0.2, 0.25) is 20.0 Å². The van der Waals surface area contributed by atoms with Crippen molar-refractivity contribution < 1.29 is 21.6 Å². The number of nitrogens with two attached hydrogens (primary N) is 1. The lowest BCUT2D eigenvalue weighted by Gasteiger charge is -2.13. The lowest BCUT2D eigenvalue weighted by molar-refractivity contribution is 0.180. The van der Waals surface area contributed by atoms with E-state index < -0.39 is 26.1 Å². The Hall–Kier alpha value is -1.00. The van der Waals surface area contributed by atoms with Gasteiger partial charge in [0.1, 0.15) is 0 Å². The highest BCUT2D eigenvalue weighted by atomic mass is 32.2. The largest absolute Gasteiger partial charge is 0.383 e. The van der Waals surface area contributed by atoms with Crippen molar-refractivity contribution in [3.05, 3.63) is 24.3 Å². The highest BCUT2D eigenvalue weighted by Crippen LogP contribution is 2.14. The van der Waals surface area contributed by atoms with Crippen LogP contribution in [0.3, 0.4) is 0 Å². The zero-order valence-corrected chi connectivity index (χ0v) is 12.2. The molecule has 9 heteroatoms. The second-order valence-electron chi connectivity index (χ2n) is 4.00. The first kappa shape index (κ1) is 16.1. The van der Waals surface area contributed by atoms with E-state index in [1.54, 1.807) is 6.92 Å². The molecule has 1 aromatic rings. The van der Waals surface area contributed by atoms with Crippen molar-refractivity contribution >= 4 is 20.0 Å². The summed E-state index contributed by atoms with van der Waals surface area (Å²) in [5.41, 5.74) is 0. The van der Waals surface area contributed by atoms with Crippen LogP contribution in [-0.2, 0) is 24.8 Å². The average Bonchev–Trinajstić information content (AvgIpc) is 2.27. The molecule has 0 aromatic heterocycles. The number of hydrogen-bond donors (Lipinski definition) is 2. The van der Waals surface area contributed by atoms with Gasteiger partial charge < -0.3 is 4.74 Å². The number of rotatable bonds is 6. The molecule has 0 saturated carbocycles. The summed E-state index contributed by atoms with van der Waals surface area (Å²) >= 11 is 0. The van der Waals surface area contributed by atoms with Gasteiger partial charge in [0.15, 0.2) is 0 Å². The minimum atomic E-state index is -3.94. The molecule has 0 spiro atoms. The van der Waals surface area contributed by atoms with Gasteiger partial charge in [-0.3, -0.25) is 0 Å². The molecule has 1 unspecified atom stereocenters. The van der Waals surface area contributed by atoms with Gasteiger partial charge in [-0.15, -0.1) is 0 Å². The third-order valence-corrected chi connectivity index (χ3v) is 4.72. The number of hydrogen-bond acceptors (Lipinski definition) is 5. The van der Waals surface area contributed by atoms with Gasteiger partial charge in [-0.2, -0.15) is 0 Å². The minimum absolute atomic E-state index is 0.165. The molecule has 19 heavy (non-hydrogen) atoms. The summed E-state index contributed by atoms with van der Waals surface area (Å²) in [5, 5.41) is 4.95. The van der Waals surface area contributed by atoms with Crippen LogP contribution >= 0.6 is 0 Å². The average molecular weight is 308 g/mol. The predicted octanol–water partition coefficient (Wildman–Crippen LogP) is -0.353. The Labute approximate surface area is 112 Å². The third kappa shape index (κ3) is 4.55. The van der Waals surface area contributed by atoms with E-state index >= 15 is 0 Å². The summed E-state index contributed by atoms with van der Waals surface area (Å²) in [4.78, 5) is -0.420. The molecular formula is C10H16N2O5S2. The molecule has 0 amide bonds. The molecule has 0 saturated heterocycles. The van der Waals surface area contributed by atoms with Crippen molar-refractivity contribution in [1.82, 2.24) is 4.72 Å². The van der Waals surface area contributed by atoms with Gasteiger partial charge in [0, 0.05) is 13.2 Å². The van der Waals surface area contributed by atoms with Gasteiger partial charge in [-0.05, 0) is 25.1 Å². The standard InChI is InChI=1S/C10H16N2O5S2/c1-8(7-17-2)12-19(15,16)10-5-3-4-9(6-10)18(11,13)14/h3-6,8,12H,7H2,1-2H3,(H2,11,13,14). The molecule has 7 nitrogen and oxygen atoms in total. The van der Waals surface area contributed by atoms with Crippen LogP contribution in [0.15, 0.2) is 34.1 Å². The van der Waals surface area contributed by atoms with E-state index in [-0.39, 0.29) is 16.4 Å². The highest BCUT2D eigenvalue weighted by Gasteiger charge is 2.19. The molecule has 1 atom stereocenters. The maximum absolute atomic E-state index is 12.0. The van der Waals surface area contributed by atoms with Gasteiger partial charge in [-0.25, -0.2) is 26.7 Å². The van der Waals surface area contributed by atoms with Gasteiger partial charge in [0.25, 0.3) is 0 Å². The maximum atomic E-state index is 12.0. The van der Waals surface area contributed by atoms with E-state index in [2.05, 4.69) is 4.72 Å². The molecule has 108 valence electrons. The first-order chi connectivity index (χ1) is 8.66. The van der Waals surface area contributed by atoms with E-state index in [0.29, 0.717) is 0 Å². The fourth-order valence-corrected chi connectivity index (χ4v) is 3.34. The first-order valence-electron chi connectivity index (χ1n) is 5.31. The van der Waals surface area contributed by atoms with Crippen LogP contribution < -0.4 is 9.86 Å².